The molecule has 1 aromatic carbocycles. The van der Waals surface area contributed by atoms with Gasteiger partial charge in [0.15, 0.2) is 0 Å². The molecule has 1 aromatic rings. The first-order valence-corrected chi connectivity index (χ1v) is 9.55. The molecule has 1 N–H and O–H groups in total. The summed E-state index contributed by atoms with van der Waals surface area (Å²) in [5, 5.41) is 2.78. The molecular formula is C18H22N2O5S. The topological polar surface area (TPSA) is 84.9 Å². The zero-order valence-electron chi connectivity index (χ0n) is 14.8. The molecule has 0 bridgehead atoms. The predicted molar refractivity (Wildman–Crippen MR) is 97.8 cm³/mol. The molecule has 3 amide bonds. The maximum Gasteiger partial charge on any atom is 0.289 e. The first-order valence-electron chi connectivity index (χ1n) is 8.56. The van der Waals surface area contributed by atoms with Crippen molar-refractivity contribution in [1.29, 1.82) is 0 Å². The number of carbonyl (C=O) groups excluding carboxylic acids is 3. The minimum absolute atomic E-state index is 0.172. The highest BCUT2D eigenvalue weighted by atomic mass is 32.2. The third-order valence-electron chi connectivity index (χ3n) is 4.78. The monoisotopic (exact) mass is 378 g/mol. The molecule has 2 atom stereocenters. The molecule has 2 fully saturated rings. The summed E-state index contributed by atoms with van der Waals surface area (Å²) >= 11 is 1.03. The molecule has 1 saturated heterocycles. The SMILES string of the molecule is COc1cc(OC)cc(C(=O)N[C@H]2CCCC[C@@H]2N2C(=O)CSC2=O)c1. The first kappa shape index (κ1) is 18.6. The van der Waals surface area contributed by atoms with E-state index in [2.05, 4.69) is 5.32 Å². The van der Waals surface area contributed by atoms with Crippen molar-refractivity contribution in [3.8, 4) is 11.5 Å². The maximum atomic E-state index is 12.8. The van der Waals surface area contributed by atoms with Crippen molar-refractivity contribution in [2.24, 2.45) is 0 Å². The first-order chi connectivity index (χ1) is 12.5. The van der Waals surface area contributed by atoms with E-state index < -0.39 is 0 Å². The van der Waals surface area contributed by atoms with Gasteiger partial charge in [-0.1, -0.05) is 24.6 Å². The highest BCUT2D eigenvalue weighted by Gasteiger charge is 2.41. The molecule has 1 saturated carbocycles. The van der Waals surface area contributed by atoms with Crippen LogP contribution in [0.25, 0.3) is 0 Å². The lowest BCUT2D eigenvalue weighted by Gasteiger charge is -2.36. The number of methoxy groups -OCH3 is 2. The number of benzene rings is 1. The van der Waals surface area contributed by atoms with Crippen LogP contribution >= 0.6 is 11.8 Å². The Hall–Kier alpha value is -2.22. The smallest absolute Gasteiger partial charge is 0.289 e. The van der Waals surface area contributed by atoms with E-state index in [4.69, 9.17) is 9.47 Å². The zero-order chi connectivity index (χ0) is 18.7. The van der Waals surface area contributed by atoms with Gasteiger partial charge in [-0.15, -0.1) is 0 Å². The van der Waals surface area contributed by atoms with Gasteiger partial charge in [-0.3, -0.25) is 19.3 Å². The van der Waals surface area contributed by atoms with Crippen molar-refractivity contribution in [3.05, 3.63) is 23.8 Å². The van der Waals surface area contributed by atoms with Gasteiger partial charge in [0.2, 0.25) is 5.91 Å². The van der Waals surface area contributed by atoms with Crippen LogP contribution in [0.15, 0.2) is 18.2 Å². The van der Waals surface area contributed by atoms with E-state index in [0.29, 0.717) is 23.5 Å². The van der Waals surface area contributed by atoms with Crippen LogP contribution in [0.1, 0.15) is 36.0 Å². The lowest BCUT2D eigenvalue weighted by atomic mass is 9.89. The number of carbonyl (C=O) groups is 3. The molecule has 2 aliphatic rings. The summed E-state index contributed by atoms with van der Waals surface area (Å²) in [4.78, 5) is 38.3. The maximum absolute atomic E-state index is 12.8. The van der Waals surface area contributed by atoms with Crippen molar-refractivity contribution in [3.63, 3.8) is 0 Å². The van der Waals surface area contributed by atoms with Crippen LogP contribution < -0.4 is 14.8 Å². The number of amides is 3. The normalized spacial score (nSPS) is 23.1. The molecule has 0 radical (unpaired) electrons. The molecule has 26 heavy (non-hydrogen) atoms. The Bertz CT molecular complexity index is 685. The standard InChI is InChI=1S/C18H22N2O5S/c1-24-12-7-11(8-13(9-12)25-2)17(22)19-14-5-3-4-6-15(14)20-16(21)10-26-18(20)23/h7-9,14-15H,3-6,10H2,1-2H3,(H,19,22)/t14-,15-/m0/s1. The van der Waals surface area contributed by atoms with Gasteiger partial charge in [0, 0.05) is 11.6 Å². The van der Waals surface area contributed by atoms with Crippen molar-refractivity contribution in [2.75, 3.05) is 20.0 Å². The fourth-order valence-corrected chi connectivity index (χ4v) is 4.23. The average molecular weight is 378 g/mol. The van der Waals surface area contributed by atoms with Gasteiger partial charge in [-0.05, 0) is 25.0 Å². The number of hydrogen-bond acceptors (Lipinski definition) is 6. The van der Waals surface area contributed by atoms with E-state index in [1.165, 1.54) is 19.1 Å². The van der Waals surface area contributed by atoms with Crippen LogP contribution in [0.4, 0.5) is 4.79 Å². The van der Waals surface area contributed by atoms with E-state index in [9.17, 15) is 14.4 Å². The van der Waals surface area contributed by atoms with Gasteiger partial charge in [0.05, 0.1) is 32.1 Å². The van der Waals surface area contributed by atoms with Gasteiger partial charge in [-0.25, -0.2) is 0 Å². The van der Waals surface area contributed by atoms with Crippen LogP contribution in [0.5, 0.6) is 11.5 Å². The molecule has 8 heteroatoms. The summed E-state index contributed by atoms with van der Waals surface area (Å²) in [6.07, 6.45) is 3.33. The Morgan fingerprint density at radius 1 is 1.12 bits per heavy atom. The second-order valence-corrected chi connectivity index (χ2v) is 7.28. The van der Waals surface area contributed by atoms with Crippen molar-refractivity contribution in [2.45, 2.75) is 37.8 Å². The Kier molecular flexibility index (Phi) is 5.70. The number of nitrogens with one attached hydrogen (secondary N) is 1. The van der Waals surface area contributed by atoms with Crippen LogP contribution in [0.3, 0.4) is 0 Å². The van der Waals surface area contributed by atoms with Crippen molar-refractivity contribution >= 4 is 28.8 Å². The van der Waals surface area contributed by atoms with Gasteiger partial charge >= 0.3 is 0 Å². The van der Waals surface area contributed by atoms with E-state index in [1.54, 1.807) is 18.2 Å². The molecule has 7 nitrogen and oxygen atoms in total. The summed E-state index contributed by atoms with van der Waals surface area (Å²) in [6, 6.07) is 4.43. The van der Waals surface area contributed by atoms with E-state index in [-0.39, 0.29) is 34.9 Å². The number of nitrogens with zero attached hydrogens (tertiary/aromatic N) is 1. The number of hydrogen-bond donors (Lipinski definition) is 1. The van der Waals surface area contributed by atoms with Crippen LogP contribution in [0.2, 0.25) is 0 Å². The van der Waals surface area contributed by atoms with E-state index in [0.717, 1.165) is 31.0 Å². The fraction of sp³-hybridized carbons (Fsp3) is 0.500. The molecule has 0 aromatic heterocycles. The third kappa shape index (κ3) is 3.80. The summed E-state index contributed by atoms with van der Waals surface area (Å²) in [5.74, 6) is 0.787. The molecule has 3 rings (SSSR count). The fourth-order valence-electron chi connectivity index (χ4n) is 3.46. The van der Waals surface area contributed by atoms with Crippen LogP contribution in [-0.2, 0) is 4.79 Å². The Morgan fingerprint density at radius 2 is 1.77 bits per heavy atom. The molecule has 0 unspecified atom stereocenters. The quantitative estimate of drug-likeness (QED) is 0.847. The minimum atomic E-state index is -0.282. The number of imide groups is 1. The average Bonchev–Trinajstić information content (AvgIpc) is 3.00. The highest BCUT2D eigenvalue weighted by molar-refractivity contribution is 8.14. The lowest BCUT2D eigenvalue weighted by molar-refractivity contribution is -0.127. The summed E-state index contributed by atoms with van der Waals surface area (Å²) in [7, 11) is 3.05. The summed E-state index contributed by atoms with van der Waals surface area (Å²) < 4.78 is 10.4. The third-order valence-corrected chi connectivity index (χ3v) is 5.61. The summed E-state index contributed by atoms with van der Waals surface area (Å²) in [6.45, 7) is 0. The number of thioether (sulfide) groups is 1. The van der Waals surface area contributed by atoms with E-state index >= 15 is 0 Å². The molecule has 0 spiro atoms. The van der Waals surface area contributed by atoms with E-state index in [1.807, 2.05) is 0 Å². The Morgan fingerprint density at radius 3 is 2.35 bits per heavy atom. The van der Waals surface area contributed by atoms with Crippen molar-refractivity contribution in [1.82, 2.24) is 10.2 Å². The summed E-state index contributed by atoms with van der Waals surface area (Å²) in [5.41, 5.74) is 0.416. The second kappa shape index (κ2) is 7.99. The lowest BCUT2D eigenvalue weighted by Crippen LogP contribution is -2.54. The van der Waals surface area contributed by atoms with Crippen molar-refractivity contribution < 1.29 is 23.9 Å². The molecular weight excluding hydrogens is 356 g/mol. The molecule has 1 aliphatic heterocycles. The van der Waals surface area contributed by atoms with Crippen LogP contribution in [0, 0.1) is 0 Å². The number of rotatable bonds is 5. The predicted octanol–water partition coefficient (Wildman–Crippen LogP) is 2.44. The van der Waals surface area contributed by atoms with Gasteiger partial charge in [0.25, 0.3) is 11.1 Å². The molecule has 1 heterocycles. The second-order valence-electron chi connectivity index (χ2n) is 6.35. The Balaban J connectivity index is 1.78. The zero-order valence-corrected chi connectivity index (χ0v) is 15.6. The van der Waals surface area contributed by atoms with Gasteiger partial charge in [0.1, 0.15) is 11.5 Å². The molecule has 1 aliphatic carbocycles. The Labute approximate surface area is 156 Å². The minimum Gasteiger partial charge on any atom is -0.497 e. The highest BCUT2D eigenvalue weighted by Crippen LogP contribution is 2.30. The van der Waals surface area contributed by atoms with Gasteiger partial charge < -0.3 is 14.8 Å². The largest absolute Gasteiger partial charge is 0.497 e. The molecule has 140 valence electrons. The van der Waals surface area contributed by atoms with Gasteiger partial charge in [-0.2, -0.15) is 0 Å². The van der Waals surface area contributed by atoms with Crippen LogP contribution in [-0.4, -0.2) is 54.0 Å². The number of ether oxygens (including phenoxy) is 2.